The molecule has 1 amide bonds. The summed E-state index contributed by atoms with van der Waals surface area (Å²) in [6, 6.07) is 18.9. The molecular weight excluding hydrogens is 364 g/mol. The molecule has 0 radical (unpaired) electrons. The van der Waals surface area contributed by atoms with Crippen LogP contribution in [0.5, 0.6) is 0 Å². The lowest BCUT2D eigenvalue weighted by Crippen LogP contribution is -2.26. The van der Waals surface area contributed by atoms with Gasteiger partial charge in [0.15, 0.2) is 11.3 Å². The summed E-state index contributed by atoms with van der Waals surface area (Å²) in [5.74, 6) is -0.371. The molecule has 0 spiro atoms. The molecule has 0 aliphatic heterocycles. The fourth-order valence-corrected chi connectivity index (χ4v) is 2.95. The van der Waals surface area contributed by atoms with Crippen LogP contribution in [-0.2, 0) is 9.53 Å². The molecule has 1 aromatic heterocycles. The first-order chi connectivity index (χ1) is 13.1. The summed E-state index contributed by atoms with van der Waals surface area (Å²) in [6.07, 6.45) is 0.742. The van der Waals surface area contributed by atoms with Gasteiger partial charge in [0.1, 0.15) is 0 Å². The molecule has 0 aliphatic rings. The standard InChI is InChI=1S/C20H19ClN4O2/c1-14-17(19(21)24-25(14)16-11-7-4-8-12-16)13-22-23-20(26)18(27-2)15-9-5-3-6-10-15/h3-13,18H,1-2H3,(H,23,26)/b22-13-/t18-/m0/s1. The summed E-state index contributed by atoms with van der Waals surface area (Å²) in [7, 11) is 1.48. The first kappa shape index (κ1) is 18.8. The molecule has 2 aromatic carbocycles. The van der Waals surface area contributed by atoms with Crippen LogP contribution in [0.1, 0.15) is 22.9 Å². The molecule has 0 bridgehead atoms. The highest BCUT2D eigenvalue weighted by Crippen LogP contribution is 2.20. The Balaban J connectivity index is 1.75. The van der Waals surface area contributed by atoms with Crippen LogP contribution >= 0.6 is 11.6 Å². The van der Waals surface area contributed by atoms with Gasteiger partial charge in [-0.3, -0.25) is 4.79 Å². The summed E-state index contributed by atoms with van der Waals surface area (Å²) >= 11 is 6.24. The lowest BCUT2D eigenvalue weighted by molar-refractivity contribution is -0.131. The van der Waals surface area contributed by atoms with Crippen LogP contribution in [0.2, 0.25) is 5.15 Å². The van der Waals surface area contributed by atoms with Crippen molar-refractivity contribution in [2.75, 3.05) is 7.11 Å². The largest absolute Gasteiger partial charge is 0.367 e. The van der Waals surface area contributed by atoms with Gasteiger partial charge in [-0.15, -0.1) is 0 Å². The van der Waals surface area contributed by atoms with E-state index in [9.17, 15) is 4.79 Å². The van der Waals surface area contributed by atoms with E-state index in [-0.39, 0.29) is 5.91 Å². The zero-order chi connectivity index (χ0) is 19.2. The Bertz CT molecular complexity index is 939. The third-order valence-corrected chi connectivity index (χ3v) is 4.34. The van der Waals surface area contributed by atoms with Crippen molar-refractivity contribution in [1.82, 2.24) is 15.2 Å². The third kappa shape index (κ3) is 4.24. The lowest BCUT2D eigenvalue weighted by atomic mass is 10.1. The molecule has 3 aromatic rings. The quantitative estimate of drug-likeness (QED) is 0.522. The number of amides is 1. The monoisotopic (exact) mass is 382 g/mol. The van der Waals surface area contributed by atoms with E-state index in [1.165, 1.54) is 13.3 Å². The van der Waals surface area contributed by atoms with Crippen LogP contribution in [0.15, 0.2) is 65.8 Å². The van der Waals surface area contributed by atoms with E-state index in [1.807, 2.05) is 67.6 Å². The van der Waals surface area contributed by atoms with Crippen molar-refractivity contribution < 1.29 is 9.53 Å². The van der Waals surface area contributed by atoms with E-state index in [2.05, 4.69) is 15.6 Å². The highest BCUT2D eigenvalue weighted by atomic mass is 35.5. The number of rotatable bonds is 6. The number of nitrogens with zero attached hydrogens (tertiary/aromatic N) is 3. The number of benzene rings is 2. The van der Waals surface area contributed by atoms with E-state index < -0.39 is 6.10 Å². The van der Waals surface area contributed by atoms with Crippen molar-refractivity contribution in [1.29, 1.82) is 0 Å². The molecule has 0 aliphatic carbocycles. The highest BCUT2D eigenvalue weighted by Gasteiger charge is 2.19. The Labute approximate surface area is 162 Å². The number of aromatic nitrogens is 2. The number of para-hydroxylation sites is 1. The topological polar surface area (TPSA) is 68.5 Å². The molecule has 0 saturated heterocycles. The normalized spacial score (nSPS) is 12.3. The highest BCUT2D eigenvalue weighted by molar-refractivity contribution is 6.32. The molecular formula is C20H19ClN4O2. The molecule has 1 heterocycles. The van der Waals surface area contributed by atoms with E-state index in [4.69, 9.17) is 16.3 Å². The van der Waals surface area contributed by atoms with Crippen LogP contribution in [0.3, 0.4) is 0 Å². The van der Waals surface area contributed by atoms with E-state index in [0.29, 0.717) is 10.7 Å². The minimum Gasteiger partial charge on any atom is -0.367 e. The number of nitrogens with one attached hydrogen (secondary N) is 1. The third-order valence-electron chi connectivity index (χ3n) is 4.06. The van der Waals surface area contributed by atoms with Crippen LogP contribution in [0.4, 0.5) is 0 Å². The summed E-state index contributed by atoms with van der Waals surface area (Å²) in [5.41, 5.74) is 5.58. The Kier molecular flexibility index (Phi) is 6.01. The van der Waals surface area contributed by atoms with Crippen LogP contribution < -0.4 is 5.43 Å². The average Bonchev–Trinajstić information content (AvgIpc) is 2.98. The molecule has 27 heavy (non-hydrogen) atoms. The van der Waals surface area contributed by atoms with Crippen molar-refractivity contribution >= 4 is 23.7 Å². The second kappa shape index (κ2) is 8.62. The van der Waals surface area contributed by atoms with Gasteiger partial charge in [-0.05, 0) is 24.6 Å². The lowest BCUT2D eigenvalue weighted by Gasteiger charge is -2.13. The van der Waals surface area contributed by atoms with Crippen molar-refractivity contribution in [2.45, 2.75) is 13.0 Å². The second-order valence-electron chi connectivity index (χ2n) is 5.80. The number of hydrazone groups is 1. The number of ether oxygens (including phenoxy) is 1. The summed E-state index contributed by atoms with van der Waals surface area (Å²) in [4.78, 5) is 12.4. The number of hydrogen-bond acceptors (Lipinski definition) is 4. The van der Waals surface area contributed by atoms with Gasteiger partial charge in [-0.1, -0.05) is 60.1 Å². The first-order valence-electron chi connectivity index (χ1n) is 8.33. The Hall–Kier alpha value is -2.96. The smallest absolute Gasteiger partial charge is 0.273 e. The van der Waals surface area contributed by atoms with Gasteiger partial charge in [0, 0.05) is 7.11 Å². The number of hydrogen-bond donors (Lipinski definition) is 1. The predicted molar refractivity (Wildman–Crippen MR) is 105 cm³/mol. The van der Waals surface area contributed by atoms with Gasteiger partial charge in [-0.25, -0.2) is 10.1 Å². The Morgan fingerprint density at radius 3 is 2.44 bits per heavy atom. The maximum atomic E-state index is 12.4. The van der Waals surface area contributed by atoms with E-state index in [0.717, 1.165) is 16.9 Å². The minimum absolute atomic E-state index is 0.306. The zero-order valence-corrected chi connectivity index (χ0v) is 15.7. The average molecular weight is 383 g/mol. The molecule has 0 saturated carbocycles. The van der Waals surface area contributed by atoms with Crippen molar-refractivity contribution in [3.8, 4) is 5.69 Å². The number of carbonyl (C=O) groups is 1. The van der Waals surface area contributed by atoms with E-state index >= 15 is 0 Å². The number of halogens is 1. The van der Waals surface area contributed by atoms with Gasteiger partial charge in [0.25, 0.3) is 5.91 Å². The second-order valence-corrected chi connectivity index (χ2v) is 6.16. The summed E-state index contributed by atoms with van der Waals surface area (Å²) in [5, 5.41) is 8.66. The SMILES string of the molecule is CO[C@H](C(=O)N/N=C\c1c(Cl)nn(-c2ccccc2)c1C)c1ccccc1. The molecule has 0 fully saturated rings. The van der Waals surface area contributed by atoms with Gasteiger partial charge >= 0.3 is 0 Å². The summed E-state index contributed by atoms with van der Waals surface area (Å²) < 4.78 is 7.01. The Morgan fingerprint density at radius 2 is 1.81 bits per heavy atom. The maximum Gasteiger partial charge on any atom is 0.273 e. The summed E-state index contributed by atoms with van der Waals surface area (Å²) in [6.45, 7) is 1.89. The number of methoxy groups -OCH3 is 1. The minimum atomic E-state index is -0.744. The van der Waals surface area contributed by atoms with E-state index in [1.54, 1.807) is 4.68 Å². The Morgan fingerprint density at radius 1 is 1.19 bits per heavy atom. The molecule has 6 nitrogen and oxygen atoms in total. The number of carbonyl (C=O) groups excluding carboxylic acids is 1. The molecule has 3 rings (SSSR count). The van der Waals surface area contributed by atoms with Gasteiger partial charge in [0.2, 0.25) is 0 Å². The van der Waals surface area contributed by atoms with Gasteiger partial charge < -0.3 is 4.74 Å². The molecule has 1 atom stereocenters. The predicted octanol–water partition coefficient (Wildman–Crippen LogP) is 3.67. The first-order valence-corrected chi connectivity index (χ1v) is 8.71. The molecule has 138 valence electrons. The zero-order valence-electron chi connectivity index (χ0n) is 15.0. The molecule has 0 unspecified atom stereocenters. The van der Waals surface area contributed by atoms with Crippen molar-refractivity contribution in [3.63, 3.8) is 0 Å². The van der Waals surface area contributed by atoms with Crippen LogP contribution in [0, 0.1) is 6.92 Å². The van der Waals surface area contributed by atoms with Crippen molar-refractivity contribution in [3.05, 3.63) is 82.6 Å². The molecule has 7 heteroatoms. The van der Waals surface area contributed by atoms with Crippen molar-refractivity contribution in [2.24, 2.45) is 5.10 Å². The fourth-order valence-electron chi connectivity index (χ4n) is 2.69. The van der Waals surface area contributed by atoms with Gasteiger partial charge in [0.05, 0.1) is 23.2 Å². The molecule has 1 N–H and O–H groups in total. The van der Waals surface area contributed by atoms with Crippen LogP contribution in [0.25, 0.3) is 5.69 Å². The van der Waals surface area contributed by atoms with Gasteiger partial charge in [-0.2, -0.15) is 10.2 Å². The van der Waals surface area contributed by atoms with Crippen LogP contribution in [-0.4, -0.2) is 29.0 Å². The fraction of sp³-hybridized carbons (Fsp3) is 0.150. The maximum absolute atomic E-state index is 12.4.